The smallest absolute Gasteiger partial charge is 0.416 e. The molecule has 1 saturated heterocycles. The SMILES string of the molecule is CCc1ccc(C(=O)O)cc1S(=O)(=O)Nc1cc(C(F)(F)F)ccc1C1CCNC1. The first kappa shape index (κ1) is 22.1. The average Bonchev–Trinajstić information content (AvgIpc) is 3.20. The molecule has 10 heteroatoms. The first-order valence-electron chi connectivity index (χ1n) is 9.34. The van der Waals surface area contributed by atoms with E-state index in [4.69, 9.17) is 0 Å². The van der Waals surface area contributed by atoms with Crippen LogP contribution >= 0.6 is 0 Å². The second kappa shape index (κ2) is 8.27. The van der Waals surface area contributed by atoms with Crippen LogP contribution in [0.25, 0.3) is 0 Å². The third-order valence-corrected chi connectivity index (χ3v) is 6.56. The van der Waals surface area contributed by atoms with Crippen LogP contribution in [-0.4, -0.2) is 32.6 Å². The van der Waals surface area contributed by atoms with E-state index in [0.717, 1.165) is 18.2 Å². The van der Waals surface area contributed by atoms with Gasteiger partial charge in [-0.1, -0.05) is 19.1 Å². The van der Waals surface area contributed by atoms with E-state index in [1.54, 1.807) is 6.92 Å². The highest BCUT2D eigenvalue weighted by Gasteiger charge is 2.33. The number of alkyl halides is 3. The molecule has 3 N–H and O–H groups in total. The van der Waals surface area contributed by atoms with Gasteiger partial charge in [-0.25, -0.2) is 13.2 Å². The van der Waals surface area contributed by atoms with Crippen LogP contribution in [0.2, 0.25) is 0 Å². The molecule has 0 aliphatic carbocycles. The Hall–Kier alpha value is -2.59. The zero-order valence-electron chi connectivity index (χ0n) is 16.1. The predicted octanol–water partition coefficient (Wildman–Crippen LogP) is 3.84. The number of hydrogen-bond acceptors (Lipinski definition) is 4. The number of sulfonamides is 1. The van der Waals surface area contributed by atoms with Crippen molar-refractivity contribution in [3.05, 3.63) is 58.7 Å². The van der Waals surface area contributed by atoms with Gasteiger partial charge in [0.05, 0.1) is 21.7 Å². The molecule has 2 aromatic carbocycles. The monoisotopic (exact) mass is 442 g/mol. The van der Waals surface area contributed by atoms with E-state index < -0.39 is 27.7 Å². The van der Waals surface area contributed by atoms with Gasteiger partial charge in [0.15, 0.2) is 0 Å². The fourth-order valence-electron chi connectivity index (χ4n) is 3.53. The molecule has 0 aromatic heterocycles. The van der Waals surface area contributed by atoms with Gasteiger partial charge >= 0.3 is 12.1 Å². The Morgan fingerprint density at radius 3 is 2.53 bits per heavy atom. The summed E-state index contributed by atoms with van der Waals surface area (Å²) in [6.07, 6.45) is -3.67. The number of carboxylic acid groups (broad SMARTS) is 1. The van der Waals surface area contributed by atoms with Crippen molar-refractivity contribution < 1.29 is 31.5 Å². The second-order valence-corrected chi connectivity index (χ2v) is 8.73. The summed E-state index contributed by atoms with van der Waals surface area (Å²) in [5, 5.41) is 12.3. The van der Waals surface area contributed by atoms with Crippen molar-refractivity contribution in [1.29, 1.82) is 0 Å². The molecular weight excluding hydrogens is 421 g/mol. The van der Waals surface area contributed by atoms with E-state index in [0.29, 0.717) is 37.1 Å². The number of anilines is 1. The molecule has 1 fully saturated rings. The van der Waals surface area contributed by atoms with Crippen molar-refractivity contribution in [3.63, 3.8) is 0 Å². The number of aromatic carboxylic acids is 1. The minimum atomic E-state index is -4.63. The second-order valence-electron chi connectivity index (χ2n) is 7.08. The molecule has 2 aromatic rings. The zero-order valence-corrected chi connectivity index (χ0v) is 16.9. The number of benzene rings is 2. The lowest BCUT2D eigenvalue weighted by Gasteiger charge is -2.20. The summed E-state index contributed by atoms with van der Waals surface area (Å²) >= 11 is 0. The molecule has 0 spiro atoms. The molecule has 1 aliphatic rings. The summed E-state index contributed by atoms with van der Waals surface area (Å²) in [6, 6.07) is 6.73. The molecule has 1 heterocycles. The van der Waals surface area contributed by atoms with E-state index >= 15 is 0 Å². The molecule has 0 radical (unpaired) electrons. The first-order valence-corrected chi connectivity index (χ1v) is 10.8. The number of rotatable bonds is 6. The molecule has 1 unspecified atom stereocenters. The quantitative estimate of drug-likeness (QED) is 0.632. The molecule has 162 valence electrons. The maximum absolute atomic E-state index is 13.2. The molecule has 3 rings (SSSR count). The van der Waals surface area contributed by atoms with Crippen molar-refractivity contribution in [2.75, 3.05) is 17.8 Å². The van der Waals surface area contributed by atoms with E-state index in [-0.39, 0.29) is 22.1 Å². The Kier molecular flexibility index (Phi) is 6.09. The van der Waals surface area contributed by atoms with E-state index in [1.807, 2.05) is 0 Å². The minimum absolute atomic E-state index is 0.138. The summed E-state index contributed by atoms with van der Waals surface area (Å²) in [5.74, 6) is -1.44. The van der Waals surface area contributed by atoms with Crippen molar-refractivity contribution >= 4 is 21.7 Å². The number of nitrogens with one attached hydrogen (secondary N) is 2. The lowest BCUT2D eigenvalue weighted by Crippen LogP contribution is -2.19. The Morgan fingerprint density at radius 2 is 1.97 bits per heavy atom. The highest BCUT2D eigenvalue weighted by Crippen LogP contribution is 2.37. The number of aryl methyl sites for hydroxylation is 1. The standard InChI is InChI=1S/C20H21F3N2O4S/c1-2-12-3-4-13(19(26)27)9-18(12)30(28,29)25-17-10-15(20(21,22)23)5-6-16(17)14-7-8-24-11-14/h3-6,9-10,14,24-25H,2,7-8,11H2,1H3,(H,26,27). The van der Waals surface area contributed by atoms with Gasteiger partial charge in [-0.3, -0.25) is 4.72 Å². The molecule has 0 bridgehead atoms. The fourth-order valence-corrected chi connectivity index (χ4v) is 4.94. The lowest BCUT2D eigenvalue weighted by atomic mass is 9.95. The zero-order chi connectivity index (χ0) is 22.1. The van der Waals surface area contributed by atoms with Crippen molar-refractivity contribution in [1.82, 2.24) is 5.32 Å². The Balaban J connectivity index is 2.09. The van der Waals surface area contributed by atoms with Crippen LogP contribution in [0.4, 0.5) is 18.9 Å². The highest BCUT2D eigenvalue weighted by atomic mass is 32.2. The fraction of sp³-hybridized carbons (Fsp3) is 0.350. The van der Waals surface area contributed by atoms with Crippen molar-refractivity contribution in [2.24, 2.45) is 0 Å². The average molecular weight is 442 g/mol. The van der Waals surface area contributed by atoms with Crippen molar-refractivity contribution in [3.8, 4) is 0 Å². The van der Waals surface area contributed by atoms with Crippen LogP contribution in [0.5, 0.6) is 0 Å². The minimum Gasteiger partial charge on any atom is -0.478 e. The van der Waals surface area contributed by atoms with Crippen LogP contribution in [-0.2, 0) is 22.6 Å². The highest BCUT2D eigenvalue weighted by molar-refractivity contribution is 7.92. The Morgan fingerprint density at radius 1 is 1.23 bits per heavy atom. The molecule has 1 aliphatic heterocycles. The van der Waals surface area contributed by atoms with Gasteiger partial charge in [-0.2, -0.15) is 13.2 Å². The molecular formula is C20H21F3N2O4S. The number of carboxylic acids is 1. The van der Waals surface area contributed by atoms with Gasteiger partial charge in [-0.15, -0.1) is 0 Å². The van der Waals surface area contributed by atoms with Gasteiger partial charge in [0.2, 0.25) is 0 Å². The number of halogens is 3. The molecule has 30 heavy (non-hydrogen) atoms. The Labute approximate surface area is 172 Å². The van der Waals surface area contributed by atoms with Gasteiger partial charge in [0.1, 0.15) is 0 Å². The molecule has 0 amide bonds. The van der Waals surface area contributed by atoms with E-state index in [9.17, 15) is 31.5 Å². The summed E-state index contributed by atoms with van der Waals surface area (Å²) < 4.78 is 68.2. The maximum atomic E-state index is 13.2. The summed E-state index contributed by atoms with van der Waals surface area (Å²) in [4.78, 5) is 11.0. The van der Waals surface area contributed by atoms with Crippen LogP contribution < -0.4 is 10.0 Å². The molecule has 6 nitrogen and oxygen atoms in total. The number of hydrogen-bond donors (Lipinski definition) is 3. The largest absolute Gasteiger partial charge is 0.478 e. The van der Waals surface area contributed by atoms with E-state index in [2.05, 4.69) is 10.0 Å². The molecule has 0 saturated carbocycles. The third kappa shape index (κ3) is 4.59. The van der Waals surface area contributed by atoms with Gasteiger partial charge in [0.25, 0.3) is 10.0 Å². The predicted molar refractivity (Wildman–Crippen MR) is 105 cm³/mol. The normalized spacial score (nSPS) is 17.1. The van der Waals surface area contributed by atoms with Crippen LogP contribution in [0, 0.1) is 0 Å². The Bertz CT molecular complexity index is 1060. The summed E-state index contributed by atoms with van der Waals surface area (Å²) in [7, 11) is -4.33. The van der Waals surface area contributed by atoms with Crippen molar-refractivity contribution in [2.45, 2.75) is 36.8 Å². The topological polar surface area (TPSA) is 95.5 Å². The van der Waals surface area contributed by atoms with Crippen LogP contribution in [0.15, 0.2) is 41.3 Å². The van der Waals surface area contributed by atoms with Gasteiger partial charge in [0, 0.05) is 6.54 Å². The maximum Gasteiger partial charge on any atom is 0.416 e. The molecule has 1 atom stereocenters. The van der Waals surface area contributed by atoms with Crippen LogP contribution in [0.3, 0.4) is 0 Å². The van der Waals surface area contributed by atoms with E-state index in [1.165, 1.54) is 18.2 Å². The van der Waals surface area contributed by atoms with Crippen LogP contribution in [0.1, 0.15) is 46.3 Å². The third-order valence-electron chi connectivity index (χ3n) is 5.11. The summed E-state index contributed by atoms with van der Waals surface area (Å²) in [6.45, 7) is 2.90. The van der Waals surface area contributed by atoms with Gasteiger partial charge in [-0.05, 0) is 60.7 Å². The van der Waals surface area contributed by atoms with Gasteiger partial charge < -0.3 is 10.4 Å². The lowest BCUT2D eigenvalue weighted by molar-refractivity contribution is -0.137. The number of carbonyl (C=O) groups is 1. The first-order chi connectivity index (χ1) is 14.0. The summed E-state index contributed by atoms with van der Waals surface area (Å²) in [5.41, 5.74) is -0.518.